The maximum Gasteiger partial charge on any atom is 0.264 e. The smallest absolute Gasteiger partial charge is 0.264 e. The molecule has 0 radical (unpaired) electrons. The van der Waals surface area contributed by atoms with E-state index in [0.717, 1.165) is 5.56 Å². The van der Waals surface area contributed by atoms with E-state index in [0.29, 0.717) is 35.3 Å². The van der Waals surface area contributed by atoms with Crippen LogP contribution in [0.3, 0.4) is 0 Å². The van der Waals surface area contributed by atoms with Gasteiger partial charge < -0.3 is 14.4 Å². The van der Waals surface area contributed by atoms with E-state index in [4.69, 9.17) is 21.1 Å². The molecule has 0 aliphatic carbocycles. The normalized spacial score (nSPS) is 10.9. The highest BCUT2D eigenvalue weighted by atomic mass is 35.5. The molecule has 0 heterocycles. The zero-order valence-corrected chi connectivity index (χ0v) is 16.3. The largest absolute Gasteiger partial charge is 0.490 e. The molecule has 140 valence electrons. The molecular weight excluding hydrogens is 364 g/mol. The second-order valence-corrected chi connectivity index (χ2v) is 6.31. The summed E-state index contributed by atoms with van der Waals surface area (Å²) in [4.78, 5) is 13.4. The van der Waals surface area contributed by atoms with Crippen LogP contribution in [0.5, 0.6) is 11.5 Å². The molecule has 0 fully saturated rings. The number of likely N-dealkylation sites (N-methyl/N-ethyl adjacent to an activating group) is 1. The van der Waals surface area contributed by atoms with Gasteiger partial charge in [0.25, 0.3) is 5.91 Å². The van der Waals surface area contributed by atoms with Crippen molar-refractivity contribution in [2.45, 2.75) is 13.5 Å². The molecule has 0 aliphatic rings. The fourth-order valence-corrected chi connectivity index (χ4v) is 2.63. The number of nitriles is 1. The Kier molecular flexibility index (Phi) is 7.27. The third kappa shape index (κ3) is 5.50. The number of ether oxygens (including phenoxy) is 2. The number of amides is 1. The van der Waals surface area contributed by atoms with E-state index in [2.05, 4.69) is 0 Å². The molecule has 0 aliphatic heterocycles. The SMILES string of the molecule is CCOc1cc(/C=C(/C#N)C(=O)N(C)C)cc(Cl)c1OCc1ccccc1. The van der Waals surface area contributed by atoms with Crippen molar-refractivity contribution < 1.29 is 14.3 Å². The van der Waals surface area contributed by atoms with Crippen molar-refractivity contribution >= 4 is 23.6 Å². The van der Waals surface area contributed by atoms with Crippen molar-refractivity contribution in [3.05, 3.63) is 64.2 Å². The van der Waals surface area contributed by atoms with Crippen molar-refractivity contribution in [1.82, 2.24) is 4.90 Å². The Hall–Kier alpha value is -2.97. The molecule has 0 saturated carbocycles. The van der Waals surface area contributed by atoms with Crippen LogP contribution in [-0.2, 0) is 11.4 Å². The van der Waals surface area contributed by atoms with Crippen LogP contribution in [0.4, 0.5) is 0 Å². The molecule has 5 nitrogen and oxygen atoms in total. The summed E-state index contributed by atoms with van der Waals surface area (Å²) in [5.74, 6) is 0.509. The standard InChI is InChI=1S/C21H21ClN2O3/c1-4-26-19-12-16(10-17(13-23)21(25)24(2)3)11-18(22)20(19)27-14-15-8-6-5-7-9-15/h5-12H,4,14H2,1-3H3/b17-10-. The first kappa shape index (κ1) is 20.3. The zero-order chi connectivity index (χ0) is 19.8. The lowest BCUT2D eigenvalue weighted by molar-refractivity contribution is -0.124. The average molecular weight is 385 g/mol. The summed E-state index contributed by atoms with van der Waals surface area (Å²) in [6.45, 7) is 2.62. The minimum atomic E-state index is -0.379. The van der Waals surface area contributed by atoms with Crippen molar-refractivity contribution in [2.24, 2.45) is 0 Å². The molecule has 0 bridgehead atoms. The highest BCUT2D eigenvalue weighted by Gasteiger charge is 2.15. The number of hydrogen-bond donors (Lipinski definition) is 0. The molecule has 0 atom stereocenters. The lowest BCUT2D eigenvalue weighted by Gasteiger charge is -2.15. The van der Waals surface area contributed by atoms with Gasteiger partial charge in [-0.25, -0.2) is 0 Å². The molecule has 0 saturated heterocycles. The van der Waals surface area contributed by atoms with Crippen LogP contribution >= 0.6 is 11.6 Å². The predicted molar refractivity (Wildman–Crippen MR) is 106 cm³/mol. The van der Waals surface area contributed by atoms with Crippen molar-refractivity contribution in [3.63, 3.8) is 0 Å². The second-order valence-electron chi connectivity index (χ2n) is 5.91. The average Bonchev–Trinajstić information content (AvgIpc) is 2.66. The van der Waals surface area contributed by atoms with E-state index in [9.17, 15) is 10.1 Å². The maximum atomic E-state index is 12.0. The Bertz CT molecular complexity index is 871. The van der Waals surface area contributed by atoms with Crippen molar-refractivity contribution in [1.29, 1.82) is 5.26 Å². The van der Waals surface area contributed by atoms with Crippen LogP contribution in [-0.4, -0.2) is 31.5 Å². The first-order valence-corrected chi connectivity index (χ1v) is 8.80. The number of carbonyl (C=O) groups excluding carboxylic acids is 1. The Labute approximate surface area is 164 Å². The molecular formula is C21H21ClN2O3. The Morgan fingerprint density at radius 3 is 2.52 bits per heavy atom. The summed E-state index contributed by atoms with van der Waals surface area (Å²) >= 11 is 6.39. The topological polar surface area (TPSA) is 62.6 Å². The van der Waals surface area contributed by atoms with E-state index in [1.54, 1.807) is 26.2 Å². The molecule has 2 aromatic carbocycles. The highest BCUT2D eigenvalue weighted by molar-refractivity contribution is 6.32. The summed E-state index contributed by atoms with van der Waals surface area (Å²) in [5, 5.41) is 9.60. The van der Waals surface area contributed by atoms with Gasteiger partial charge in [0.05, 0.1) is 11.6 Å². The Balaban J connectivity index is 2.35. The summed E-state index contributed by atoms with van der Waals surface area (Å²) in [7, 11) is 3.18. The molecule has 27 heavy (non-hydrogen) atoms. The third-order valence-corrected chi connectivity index (χ3v) is 3.91. The summed E-state index contributed by atoms with van der Waals surface area (Å²) < 4.78 is 11.5. The van der Waals surface area contributed by atoms with Crippen LogP contribution in [0.2, 0.25) is 5.02 Å². The first-order valence-electron chi connectivity index (χ1n) is 8.42. The van der Waals surface area contributed by atoms with Gasteiger partial charge in [0.15, 0.2) is 11.5 Å². The van der Waals surface area contributed by atoms with Gasteiger partial charge in [0.2, 0.25) is 0 Å². The highest BCUT2D eigenvalue weighted by Crippen LogP contribution is 2.37. The maximum absolute atomic E-state index is 12.0. The fraction of sp³-hybridized carbons (Fsp3) is 0.238. The molecule has 1 amide bonds. The minimum absolute atomic E-state index is 0.0106. The molecule has 2 rings (SSSR count). The van der Waals surface area contributed by atoms with Crippen LogP contribution in [0.15, 0.2) is 48.0 Å². The lowest BCUT2D eigenvalue weighted by atomic mass is 10.1. The monoisotopic (exact) mass is 384 g/mol. The second kappa shape index (κ2) is 9.65. The van der Waals surface area contributed by atoms with E-state index in [-0.39, 0.29) is 11.5 Å². The van der Waals surface area contributed by atoms with Crippen molar-refractivity contribution in [2.75, 3.05) is 20.7 Å². The number of carbonyl (C=O) groups is 1. The third-order valence-electron chi connectivity index (χ3n) is 3.63. The number of hydrogen-bond acceptors (Lipinski definition) is 4. The summed E-state index contributed by atoms with van der Waals surface area (Å²) in [6, 6.07) is 15.0. The van der Waals surface area contributed by atoms with Gasteiger partial charge in [-0.3, -0.25) is 4.79 Å². The molecule has 0 spiro atoms. The van der Waals surface area contributed by atoms with Gasteiger partial charge in [-0.15, -0.1) is 0 Å². The molecule has 0 aromatic heterocycles. The minimum Gasteiger partial charge on any atom is -0.490 e. The van der Waals surface area contributed by atoms with Crippen molar-refractivity contribution in [3.8, 4) is 17.6 Å². The van der Waals surface area contributed by atoms with Gasteiger partial charge in [0, 0.05) is 14.1 Å². The quantitative estimate of drug-likeness (QED) is 0.527. The van der Waals surface area contributed by atoms with Gasteiger partial charge >= 0.3 is 0 Å². The van der Waals surface area contributed by atoms with Gasteiger partial charge in [-0.2, -0.15) is 5.26 Å². The van der Waals surface area contributed by atoms with E-state index >= 15 is 0 Å². The number of nitrogens with zero attached hydrogens (tertiary/aromatic N) is 2. The van der Waals surface area contributed by atoms with Crippen LogP contribution in [0, 0.1) is 11.3 Å². The number of benzene rings is 2. The van der Waals surface area contributed by atoms with E-state index in [1.165, 1.54) is 11.0 Å². The van der Waals surface area contributed by atoms with Gasteiger partial charge in [-0.1, -0.05) is 41.9 Å². The predicted octanol–water partition coefficient (Wildman–Crippen LogP) is 4.31. The summed E-state index contributed by atoms with van der Waals surface area (Å²) in [6.07, 6.45) is 1.48. The Morgan fingerprint density at radius 2 is 1.93 bits per heavy atom. The van der Waals surface area contributed by atoms with Crippen LogP contribution in [0.1, 0.15) is 18.1 Å². The van der Waals surface area contributed by atoms with Crippen LogP contribution < -0.4 is 9.47 Å². The number of halogens is 1. The lowest BCUT2D eigenvalue weighted by Crippen LogP contribution is -2.22. The number of rotatable bonds is 7. The van der Waals surface area contributed by atoms with Gasteiger partial charge in [-0.05, 0) is 36.3 Å². The summed E-state index contributed by atoms with van der Waals surface area (Å²) in [5.41, 5.74) is 1.60. The van der Waals surface area contributed by atoms with Gasteiger partial charge in [0.1, 0.15) is 18.2 Å². The molecule has 2 aromatic rings. The fourth-order valence-electron chi connectivity index (χ4n) is 2.35. The zero-order valence-electron chi connectivity index (χ0n) is 15.5. The Morgan fingerprint density at radius 1 is 1.22 bits per heavy atom. The molecule has 6 heteroatoms. The van der Waals surface area contributed by atoms with E-state index in [1.807, 2.05) is 43.3 Å². The molecule has 0 N–H and O–H groups in total. The van der Waals surface area contributed by atoms with E-state index < -0.39 is 0 Å². The van der Waals surface area contributed by atoms with Crippen LogP contribution in [0.25, 0.3) is 6.08 Å². The molecule has 0 unspecified atom stereocenters. The first-order chi connectivity index (χ1) is 13.0.